The van der Waals surface area contributed by atoms with Gasteiger partial charge < -0.3 is 15.0 Å². The highest BCUT2D eigenvalue weighted by Gasteiger charge is 2.29. The van der Waals surface area contributed by atoms with Crippen molar-refractivity contribution in [2.75, 3.05) is 6.61 Å². The second kappa shape index (κ2) is 12.0. The van der Waals surface area contributed by atoms with Crippen molar-refractivity contribution in [3.63, 3.8) is 0 Å². The van der Waals surface area contributed by atoms with Crippen molar-refractivity contribution in [1.29, 1.82) is 0 Å². The first-order chi connectivity index (χ1) is 14.6. The van der Waals surface area contributed by atoms with E-state index in [4.69, 9.17) is 39.5 Å². The van der Waals surface area contributed by atoms with Crippen LogP contribution in [-0.4, -0.2) is 35.4 Å². The van der Waals surface area contributed by atoms with Crippen molar-refractivity contribution in [1.82, 2.24) is 10.2 Å². The minimum atomic E-state index is -0.665. The molecule has 2 amide bonds. The molecule has 2 rings (SSSR count). The maximum Gasteiger partial charge on any atom is 0.261 e. The molecule has 0 saturated carbocycles. The lowest BCUT2D eigenvalue weighted by molar-refractivity contribution is -0.143. The molecule has 0 saturated heterocycles. The van der Waals surface area contributed by atoms with E-state index in [-0.39, 0.29) is 31.0 Å². The van der Waals surface area contributed by atoms with E-state index >= 15 is 0 Å². The first kappa shape index (κ1) is 25.8. The van der Waals surface area contributed by atoms with Gasteiger partial charge in [-0.1, -0.05) is 47.8 Å². The van der Waals surface area contributed by atoms with Crippen LogP contribution in [0.4, 0.5) is 0 Å². The molecule has 1 N–H and O–H groups in total. The zero-order valence-corrected chi connectivity index (χ0v) is 21.3. The van der Waals surface area contributed by atoms with Crippen LogP contribution in [0.1, 0.15) is 32.8 Å². The lowest BCUT2D eigenvalue weighted by Gasteiger charge is -2.31. The number of carbonyl (C=O) groups is 2. The largest absolute Gasteiger partial charge is 0.483 e. The summed E-state index contributed by atoms with van der Waals surface area (Å²) < 4.78 is 6.33. The summed E-state index contributed by atoms with van der Waals surface area (Å²) in [6, 6.07) is 9.44. The number of hydrogen-bond donors (Lipinski definition) is 1. The lowest BCUT2D eigenvalue weighted by Crippen LogP contribution is -2.51. The fourth-order valence-corrected chi connectivity index (χ4v) is 4.07. The number of rotatable bonds is 9. The second-order valence-electron chi connectivity index (χ2n) is 7.22. The number of nitrogens with one attached hydrogen (secondary N) is 1. The van der Waals surface area contributed by atoms with Crippen LogP contribution in [0.15, 0.2) is 40.9 Å². The molecule has 0 unspecified atom stereocenters. The predicted molar refractivity (Wildman–Crippen MR) is 129 cm³/mol. The molecule has 0 spiro atoms. The molecule has 0 fully saturated rings. The van der Waals surface area contributed by atoms with Gasteiger partial charge in [-0.2, -0.15) is 0 Å². The van der Waals surface area contributed by atoms with E-state index in [0.717, 1.165) is 5.56 Å². The van der Waals surface area contributed by atoms with Gasteiger partial charge in [-0.15, -0.1) is 0 Å². The Morgan fingerprint density at radius 3 is 2.39 bits per heavy atom. The molecule has 0 heterocycles. The van der Waals surface area contributed by atoms with E-state index in [1.54, 1.807) is 36.4 Å². The molecule has 2 aromatic rings. The zero-order valence-electron chi connectivity index (χ0n) is 17.4. The highest BCUT2D eigenvalue weighted by Crippen LogP contribution is 2.28. The molecule has 0 aliphatic rings. The van der Waals surface area contributed by atoms with E-state index in [1.807, 2.05) is 20.8 Å². The normalized spacial score (nSPS) is 11.9. The maximum atomic E-state index is 13.2. The molecule has 0 aromatic heterocycles. The smallest absolute Gasteiger partial charge is 0.261 e. The summed E-state index contributed by atoms with van der Waals surface area (Å²) in [5.74, 6) is -0.0795. The van der Waals surface area contributed by atoms with Gasteiger partial charge >= 0.3 is 0 Å². The first-order valence-corrected chi connectivity index (χ1v) is 11.7. The highest BCUT2D eigenvalue weighted by molar-refractivity contribution is 9.10. The molecule has 0 aliphatic carbocycles. The summed E-state index contributed by atoms with van der Waals surface area (Å²) >= 11 is 21.5. The van der Waals surface area contributed by atoms with Gasteiger partial charge in [0.25, 0.3) is 5.91 Å². The lowest BCUT2D eigenvalue weighted by atomic mass is 10.1. The Bertz CT molecular complexity index is 940. The van der Waals surface area contributed by atoms with Crippen LogP contribution in [0.3, 0.4) is 0 Å². The van der Waals surface area contributed by atoms with Gasteiger partial charge in [0.1, 0.15) is 11.8 Å². The van der Waals surface area contributed by atoms with E-state index < -0.39 is 6.04 Å². The van der Waals surface area contributed by atoms with E-state index in [2.05, 4.69) is 21.2 Å². The molecular weight excluding hydrogens is 527 g/mol. The quantitative estimate of drug-likeness (QED) is 0.409. The molecule has 31 heavy (non-hydrogen) atoms. The predicted octanol–water partition coefficient (Wildman–Crippen LogP) is 6.12. The van der Waals surface area contributed by atoms with Crippen LogP contribution >= 0.6 is 50.7 Å². The van der Waals surface area contributed by atoms with Gasteiger partial charge in [-0.05, 0) is 72.1 Å². The maximum absolute atomic E-state index is 13.2. The average Bonchev–Trinajstić information content (AvgIpc) is 2.69. The topological polar surface area (TPSA) is 58.6 Å². The molecule has 0 bridgehead atoms. The summed E-state index contributed by atoms with van der Waals surface area (Å²) in [5.41, 5.74) is 0.756. The molecule has 168 valence electrons. The Balaban J connectivity index is 2.26. The van der Waals surface area contributed by atoms with Crippen LogP contribution in [0.5, 0.6) is 5.75 Å². The Hall–Kier alpha value is -1.47. The molecule has 2 aromatic carbocycles. The number of ether oxygens (including phenoxy) is 1. The Kier molecular flexibility index (Phi) is 9.94. The van der Waals surface area contributed by atoms with Gasteiger partial charge in [0, 0.05) is 17.6 Å². The summed E-state index contributed by atoms with van der Waals surface area (Å²) in [6.45, 7) is 5.54. The van der Waals surface area contributed by atoms with Crippen molar-refractivity contribution in [2.45, 2.75) is 45.8 Å². The third-order valence-corrected chi connectivity index (χ3v) is 5.99. The van der Waals surface area contributed by atoms with Gasteiger partial charge in [0.2, 0.25) is 5.91 Å². The summed E-state index contributed by atoms with van der Waals surface area (Å²) in [7, 11) is 0. The number of carbonyl (C=O) groups excluding carboxylic acids is 2. The molecule has 1 atom stereocenters. The van der Waals surface area contributed by atoms with Crippen LogP contribution in [0.25, 0.3) is 0 Å². The first-order valence-electron chi connectivity index (χ1n) is 9.74. The fourth-order valence-electron chi connectivity index (χ4n) is 2.95. The van der Waals surface area contributed by atoms with E-state index in [9.17, 15) is 9.59 Å². The van der Waals surface area contributed by atoms with Crippen LogP contribution in [0.2, 0.25) is 15.1 Å². The van der Waals surface area contributed by atoms with Gasteiger partial charge in [0.05, 0.1) is 14.5 Å². The fraction of sp³-hybridized carbons (Fsp3) is 0.364. The number of amides is 2. The van der Waals surface area contributed by atoms with Gasteiger partial charge in [-0.25, -0.2) is 0 Å². The number of benzene rings is 2. The van der Waals surface area contributed by atoms with Crippen LogP contribution in [0, 0.1) is 0 Å². The monoisotopic (exact) mass is 548 g/mol. The standard InChI is InChI=1S/C22H24BrCl3N2O3/c1-4-19(22(30)27-13(2)3)28(11-14-5-7-17(25)18(26)9-14)21(29)12-31-20-8-6-15(24)10-16(20)23/h5-10,13,19H,4,11-12H2,1-3H3,(H,27,30)/t19-/m0/s1. The van der Waals surface area contributed by atoms with Crippen LogP contribution in [-0.2, 0) is 16.1 Å². The number of hydrogen-bond acceptors (Lipinski definition) is 3. The number of nitrogens with zero attached hydrogens (tertiary/aromatic N) is 1. The Morgan fingerprint density at radius 2 is 1.81 bits per heavy atom. The third kappa shape index (κ3) is 7.56. The summed E-state index contributed by atoms with van der Waals surface area (Å²) in [6.07, 6.45) is 0.441. The van der Waals surface area contributed by atoms with Crippen molar-refractivity contribution in [2.24, 2.45) is 0 Å². The average molecular weight is 551 g/mol. The van der Waals surface area contributed by atoms with Crippen molar-refractivity contribution >= 4 is 62.5 Å². The summed E-state index contributed by atoms with van der Waals surface area (Å²) in [5, 5.41) is 4.23. The minimum Gasteiger partial charge on any atom is -0.483 e. The molecule has 5 nitrogen and oxygen atoms in total. The highest BCUT2D eigenvalue weighted by atomic mass is 79.9. The van der Waals surface area contributed by atoms with E-state index in [1.165, 1.54) is 4.90 Å². The zero-order chi connectivity index (χ0) is 23.1. The van der Waals surface area contributed by atoms with Crippen molar-refractivity contribution in [3.8, 4) is 5.75 Å². The Labute approximate surface area is 206 Å². The van der Waals surface area contributed by atoms with Crippen molar-refractivity contribution in [3.05, 3.63) is 61.5 Å². The van der Waals surface area contributed by atoms with Gasteiger partial charge in [-0.3, -0.25) is 9.59 Å². The third-order valence-electron chi connectivity index (χ3n) is 4.40. The SMILES string of the molecule is CC[C@@H](C(=O)NC(C)C)N(Cc1ccc(Cl)c(Cl)c1)C(=O)COc1ccc(Cl)cc1Br. The molecule has 9 heteroatoms. The Morgan fingerprint density at radius 1 is 1.10 bits per heavy atom. The minimum absolute atomic E-state index is 0.0512. The van der Waals surface area contributed by atoms with E-state index in [0.29, 0.717) is 31.7 Å². The summed E-state index contributed by atoms with van der Waals surface area (Å²) in [4.78, 5) is 27.5. The van der Waals surface area contributed by atoms with Crippen LogP contribution < -0.4 is 10.1 Å². The molecular formula is C22H24BrCl3N2O3. The van der Waals surface area contributed by atoms with Crippen molar-refractivity contribution < 1.29 is 14.3 Å². The second-order valence-corrected chi connectivity index (χ2v) is 9.33. The molecule has 0 radical (unpaired) electrons. The molecule has 0 aliphatic heterocycles. The number of halogens is 4. The van der Waals surface area contributed by atoms with Gasteiger partial charge in [0.15, 0.2) is 6.61 Å².